The molecule has 4 heteroatoms. The molecule has 0 amide bonds. The number of piperazine rings is 1. The molecule has 0 spiro atoms. The molecule has 1 saturated heterocycles. The van der Waals surface area contributed by atoms with Gasteiger partial charge in [-0.25, -0.2) is 4.98 Å². The van der Waals surface area contributed by atoms with Gasteiger partial charge in [0.1, 0.15) is 11.8 Å². The van der Waals surface area contributed by atoms with E-state index in [-0.39, 0.29) is 6.04 Å². The van der Waals surface area contributed by atoms with E-state index in [1.54, 1.807) is 6.07 Å². The van der Waals surface area contributed by atoms with Gasteiger partial charge < -0.3 is 5.32 Å². The minimum absolute atomic E-state index is 0.287. The molecule has 1 fully saturated rings. The molecule has 4 nitrogen and oxygen atoms in total. The summed E-state index contributed by atoms with van der Waals surface area (Å²) in [6.45, 7) is 6.29. The Bertz CT molecular complexity index is 390. The van der Waals surface area contributed by atoms with Gasteiger partial charge in [-0.3, -0.25) is 4.90 Å². The summed E-state index contributed by atoms with van der Waals surface area (Å²) in [5.74, 6) is 0. The molecule has 0 saturated carbocycles. The standard InChI is InChI=1S/C12H16N4/c1-10(16-7-5-14-6-8-16)12-4-2-3-11(9-13)15-12/h2-4,10,14H,5-8H2,1H3. The molecule has 1 aliphatic rings. The number of hydrogen-bond donors (Lipinski definition) is 1. The molecule has 0 bridgehead atoms. The van der Waals surface area contributed by atoms with E-state index in [1.807, 2.05) is 12.1 Å². The van der Waals surface area contributed by atoms with Gasteiger partial charge in [-0.05, 0) is 19.1 Å². The van der Waals surface area contributed by atoms with E-state index in [0.717, 1.165) is 31.9 Å². The molecule has 0 aromatic carbocycles. The Morgan fingerprint density at radius 1 is 1.44 bits per heavy atom. The summed E-state index contributed by atoms with van der Waals surface area (Å²) in [5.41, 5.74) is 1.49. The molecule has 1 N–H and O–H groups in total. The Hall–Kier alpha value is -1.44. The normalized spacial score (nSPS) is 19.0. The number of hydrogen-bond acceptors (Lipinski definition) is 4. The first kappa shape index (κ1) is 11.1. The zero-order valence-corrected chi connectivity index (χ0v) is 9.48. The zero-order chi connectivity index (χ0) is 11.4. The lowest BCUT2D eigenvalue weighted by Crippen LogP contribution is -2.44. The molecule has 16 heavy (non-hydrogen) atoms. The maximum absolute atomic E-state index is 8.82. The van der Waals surface area contributed by atoms with E-state index in [0.29, 0.717) is 5.69 Å². The lowest BCUT2D eigenvalue weighted by atomic mass is 10.1. The summed E-state index contributed by atoms with van der Waals surface area (Å²) in [4.78, 5) is 6.73. The van der Waals surface area contributed by atoms with Crippen LogP contribution in [0, 0.1) is 11.3 Å². The third kappa shape index (κ3) is 2.38. The lowest BCUT2D eigenvalue weighted by Gasteiger charge is -2.32. The minimum atomic E-state index is 0.287. The van der Waals surface area contributed by atoms with Gasteiger partial charge >= 0.3 is 0 Å². The third-order valence-electron chi connectivity index (χ3n) is 3.01. The van der Waals surface area contributed by atoms with Crippen molar-refractivity contribution in [1.29, 1.82) is 5.26 Å². The summed E-state index contributed by atoms with van der Waals surface area (Å²) < 4.78 is 0. The monoisotopic (exact) mass is 216 g/mol. The van der Waals surface area contributed by atoms with Gasteiger partial charge in [0.05, 0.1) is 5.69 Å². The van der Waals surface area contributed by atoms with E-state index in [9.17, 15) is 0 Å². The maximum Gasteiger partial charge on any atom is 0.140 e. The van der Waals surface area contributed by atoms with E-state index in [1.165, 1.54) is 0 Å². The second-order valence-corrected chi connectivity index (χ2v) is 4.02. The summed E-state index contributed by atoms with van der Waals surface area (Å²) in [6.07, 6.45) is 0. The van der Waals surface area contributed by atoms with Crippen molar-refractivity contribution in [3.63, 3.8) is 0 Å². The van der Waals surface area contributed by atoms with Crippen LogP contribution in [0.15, 0.2) is 18.2 Å². The lowest BCUT2D eigenvalue weighted by molar-refractivity contribution is 0.182. The molecule has 1 atom stereocenters. The van der Waals surface area contributed by atoms with Gasteiger partial charge in [0.25, 0.3) is 0 Å². The molecular formula is C12H16N4. The average Bonchev–Trinajstić information content (AvgIpc) is 2.39. The first-order chi connectivity index (χ1) is 7.81. The Kier molecular flexibility index (Phi) is 3.50. The molecule has 1 unspecified atom stereocenters. The van der Waals surface area contributed by atoms with Crippen molar-refractivity contribution in [3.8, 4) is 6.07 Å². The van der Waals surface area contributed by atoms with Crippen LogP contribution < -0.4 is 5.32 Å². The van der Waals surface area contributed by atoms with Crippen molar-refractivity contribution in [2.45, 2.75) is 13.0 Å². The van der Waals surface area contributed by atoms with Gasteiger partial charge in [-0.1, -0.05) is 6.07 Å². The SMILES string of the molecule is CC(c1cccc(C#N)n1)N1CCNCC1. The van der Waals surface area contributed by atoms with Gasteiger partial charge in [0, 0.05) is 32.2 Å². The predicted molar refractivity (Wildman–Crippen MR) is 61.8 cm³/mol. The first-order valence-electron chi connectivity index (χ1n) is 5.63. The highest BCUT2D eigenvalue weighted by Gasteiger charge is 2.18. The Morgan fingerprint density at radius 3 is 2.88 bits per heavy atom. The first-order valence-corrected chi connectivity index (χ1v) is 5.63. The van der Waals surface area contributed by atoms with Crippen LogP contribution >= 0.6 is 0 Å². The number of rotatable bonds is 2. The molecule has 1 aliphatic heterocycles. The fourth-order valence-electron chi connectivity index (χ4n) is 2.00. The van der Waals surface area contributed by atoms with Crippen LogP contribution in [0.2, 0.25) is 0 Å². The van der Waals surface area contributed by atoms with Crippen LogP contribution in [0.5, 0.6) is 0 Å². The second-order valence-electron chi connectivity index (χ2n) is 4.02. The number of aromatic nitrogens is 1. The van der Waals surface area contributed by atoms with E-state index >= 15 is 0 Å². The van der Waals surface area contributed by atoms with Crippen molar-refractivity contribution in [1.82, 2.24) is 15.2 Å². The Labute approximate surface area is 95.9 Å². The molecular weight excluding hydrogens is 200 g/mol. The number of nitriles is 1. The van der Waals surface area contributed by atoms with E-state index in [2.05, 4.69) is 28.2 Å². The van der Waals surface area contributed by atoms with Crippen molar-refractivity contribution < 1.29 is 0 Å². The van der Waals surface area contributed by atoms with Crippen LogP contribution in [-0.4, -0.2) is 36.1 Å². The van der Waals surface area contributed by atoms with Crippen molar-refractivity contribution in [2.75, 3.05) is 26.2 Å². The van der Waals surface area contributed by atoms with Crippen LogP contribution in [0.4, 0.5) is 0 Å². The highest BCUT2D eigenvalue weighted by atomic mass is 15.2. The van der Waals surface area contributed by atoms with E-state index in [4.69, 9.17) is 5.26 Å². The molecule has 2 rings (SSSR count). The maximum atomic E-state index is 8.82. The Balaban J connectivity index is 2.13. The highest BCUT2D eigenvalue weighted by molar-refractivity contribution is 5.23. The van der Waals surface area contributed by atoms with Crippen LogP contribution in [-0.2, 0) is 0 Å². The van der Waals surface area contributed by atoms with Gasteiger partial charge in [0.15, 0.2) is 0 Å². The number of pyridine rings is 1. The molecule has 0 aliphatic carbocycles. The average molecular weight is 216 g/mol. The topological polar surface area (TPSA) is 52.0 Å². The summed E-state index contributed by atoms with van der Waals surface area (Å²) in [7, 11) is 0. The van der Waals surface area contributed by atoms with Crippen molar-refractivity contribution in [3.05, 3.63) is 29.6 Å². The fourth-order valence-corrected chi connectivity index (χ4v) is 2.00. The van der Waals surface area contributed by atoms with Gasteiger partial charge in [0.2, 0.25) is 0 Å². The summed E-state index contributed by atoms with van der Waals surface area (Å²) >= 11 is 0. The van der Waals surface area contributed by atoms with Crippen LogP contribution in [0.3, 0.4) is 0 Å². The quantitative estimate of drug-likeness (QED) is 0.798. The van der Waals surface area contributed by atoms with Crippen LogP contribution in [0.1, 0.15) is 24.4 Å². The molecule has 0 radical (unpaired) electrons. The van der Waals surface area contributed by atoms with Gasteiger partial charge in [-0.2, -0.15) is 5.26 Å². The largest absolute Gasteiger partial charge is 0.314 e. The third-order valence-corrected chi connectivity index (χ3v) is 3.01. The van der Waals surface area contributed by atoms with Crippen LogP contribution in [0.25, 0.3) is 0 Å². The minimum Gasteiger partial charge on any atom is -0.314 e. The van der Waals surface area contributed by atoms with E-state index < -0.39 is 0 Å². The zero-order valence-electron chi connectivity index (χ0n) is 9.48. The Morgan fingerprint density at radius 2 is 2.19 bits per heavy atom. The predicted octanol–water partition coefficient (Wildman–Crippen LogP) is 0.919. The van der Waals surface area contributed by atoms with Gasteiger partial charge in [-0.15, -0.1) is 0 Å². The van der Waals surface area contributed by atoms with Crippen molar-refractivity contribution in [2.24, 2.45) is 0 Å². The molecule has 1 aromatic heterocycles. The number of nitrogens with one attached hydrogen (secondary N) is 1. The molecule has 84 valence electrons. The second kappa shape index (κ2) is 5.06. The molecule has 2 heterocycles. The number of nitrogens with zero attached hydrogens (tertiary/aromatic N) is 3. The highest BCUT2D eigenvalue weighted by Crippen LogP contribution is 2.18. The summed E-state index contributed by atoms with van der Waals surface area (Å²) in [6, 6.07) is 8.01. The van der Waals surface area contributed by atoms with Crippen molar-refractivity contribution >= 4 is 0 Å². The fraction of sp³-hybridized carbons (Fsp3) is 0.500. The summed E-state index contributed by atoms with van der Waals surface area (Å²) in [5, 5.41) is 12.1. The smallest absolute Gasteiger partial charge is 0.140 e. The molecule has 1 aromatic rings.